The van der Waals surface area contributed by atoms with Gasteiger partial charge in [-0.2, -0.15) is 0 Å². The Hall–Kier alpha value is -2.37. The second kappa shape index (κ2) is 8.83. The van der Waals surface area contributed by atoms with Crippen molar-refractivity contribution in [2.24, 2.45) is 11.1 Å². The van der Waals surface area contributed by atoms with E-state index in [2.05, 4.69) is 5.32 Å². The average molecular weight is 377 g/mol. The zero-order valence-electron chi connectivity index (χ0n) is 15.2. The quantitative estimate of drug-likeness (QED) is 0.696. The second-order valence-corrected chi connectivity index (χ2v) is 7.09. The van der Waals surface area contributed by atoms with Gasteiger partial charge >= 0.3 is 0 Å². The second-order valence-electron chi connectivity index (χ2n) is 7.09. The first-order valence-electron chi connectivity index (χ1n) is 8.16. The van der Waals surface area contributed by atoms with Gasteiger partial charge in [0.2, 0.25) is 5.91 Å². The predicted octanol–water partition coefficient (Wildman–Crippen LogP) is 3.55. The first-order valence-corrected chi connectivity index (χ1v) is 8.16. The molecule has 0 unspecified atom stereocenters. The highest BCUT2D eigenvalue weighted by molar-refractivity contribution is 6.07. The van der Waals surface area contributed by atoms with E-state index in [1.54, 1.807) is 48.5 Å². The topological polar surface area (TPSA) is 92.4 Å². The lowest BCUT2D eigenvalue weighted by atomic mass is 9.86. The molecule has 2 rings (SSSR count). The lowest BCUT2D eigenvalue weighted by Gasteiger charge is -2.20. The van der Waals surface area contributed by atoms with Crippen molar-refractivity contribution < 1.29 is 14.7 Å². The molecule has 0 bridgehead atoms. The van der Waals surface area contributed by atoms with Crippen molar-refractivity contribution in [1.82, 2.24) is 0 Å². The largest absolute Gasteiger partial charge is 0.508 e. The highest BCUT2D eigenvalue weighted by atomic mass is 35.5. The molecule has 0 aromatic heterocycles. The number of amides is 1. The summed E-state index contributed by atoms with van der Waals surface area (Å²) in [6, 6.07) is 12.7. The number of ketones is 1. The zero-order valence-corrected chi connectivity index (χ0v) is 16.0. The number of phenols is 1. The molecule has 0 fully saturated rings. The molecule has 26 heavy (non-hydrogen) atoms. The monoisotopic (exact) mass is 376 g/mol. The van der Waals surface area contributed by atoms with Crippen molar-refractivity contribution in [1.29, 1.82) is 0 Å². The van der Waals surface area contributed by atoms with E-state index in [4.69, 9.17) is 5.73 Å². The van der Waals surface area contributed by atoms with Crippen LogP contribution < -0.4 is 11.1 Å². The smallest absolute Gasteiger partial charge is 0.241 e. The molecular weight excluding hydrogens is 352 g/mol. The number of Topliss-reactive ketones (excluding diaryl/α,β-unsaturated/α-hetero) is 1. The van der Waals surface area contributed by atoms with Gasteiger partial charge in [0, 0.05) is 11.0 Å². The fourth-order valence-corrected chi connectivity index (χ4v) is 2.40. The van der Waals surface area contributed by atoms with Gasteiger partial charge in [-0.25, -0.2) is 0 Å². The van der Waals surface area contributed by atoms with Crippen molar-refractivity contribution in [3.05, 3.63) is 59.7 Å². The molecule has 0 aliphatic heterocycles. The summed E-state index contributed by atoms with van der Waals surface area (Å²) in [5, 5.41) is 12.1. The summed E-state index contributed by atoms with van der Waals surface area (Å²) >= 11 is 0. The van der Waals surface area contributed by atoms with Crippen LogP contribution in [0.3, 0.4) is 0 Å². The Bertz CT molecular complexity index is 767. The highest BCUT2D eigenvalue weighted by Crippen LogP contribution is 2.26. The van der Waals surface area contributed by atoms with Gasteiger partial charge in [0.05, 0.1) is 11.7 Å². The third-order valence-corrected chi connectivity index (χ3v) is 3.84. The van der Waals surface area contributed by atoms with Crippen LogP contribution in [0.2, 0.25) is 0 Å². The molecule has 2 aromatic carbocycles. The minimum absolute atomic E-state index is 0. The summed E-state index contributed by atoms with van der Waals surface area (Å²) in [5.74, 6) is -0.242. The summed E-state index contributed by atoms with van der Waals surface area (Å²) in [6.45, 7) is 5.51. The molecule has 0 radical (unpaired) electrons. The van der Waals surface area contributed by atoms with Crippen LogP contribution in [0, 0.1) is 5.41 Å². The van der Waals surface area contributed by atoms with Crippen LogP contribution in [0.25, 0.3) is 0 Å². The maximum Gasteiger partial charge on any atom is 0.241 e. The Labute approximate surface area is 160 Å². The van der Waals surface area contributed by atoms with Crippen LogP contribution in [-0.4, -0.2) is 22.8 Å². The molecule has 140 valence electrons. The number of carbonyl (C=O) groups excluding carboxylic acids is 2. The maximum atomic E-state index is 12.6. The molecule has 4 N–H and O–H groups in total. The number of hydrogen-bond donors (Lipinski definition) is 3. The average Bonchev–Trinajstić information content (AvgIpc) is 2.56. The van der Waals surface area contributed by atoms with E-state index >= 15 is 0 Å². The van der Waals surface area contributed by atoms with Crippen LogP contribution in [0.1, 0.15) is 36.7 Å². The van der Waals surface area contributed by atoms with Gasteiger partial charge in [0.25, 0.3) is 0 Å². The van der Waals surface area contributed by atoms with Gasteiger partial charge in [-0.05, 0) is 36.2 Å². The summed E-state index contributed by atoms with van der Waals surface area (Å²) in [7, 11) is 0. The summed E-state index contributed by atoms with van der Waals surface area (Å²) < 4.78 is 0. The van der Waals surface area contributed by atoms with E-state index in [-0.39, 0.29) is 29.8 Å². The number of nitrogens with one attached hydrogen (secondary N) is 1. The molecule has 0 aliphatic carbocycles. The van der Waals surface area contributed by atoms with E-state index in [0.717, 1.165) is 5.56 Å². The van der Waals surface area contributed by atoms with Gasteiger partial charge in [-0.3, -0.25) is 9.59 Å². The fourth-order valence-electron chi connectivity index (χ4n) is 2.40. The number of phenolic OH excluding ortho intramolecular Hbond substituents is 1. The van der Waals surface area contributed by atoms with Crippen LogP contribution in [0.4, 0.5) is 5.69 Å². The highest BCUT2D eigenvalue weighted by Gasteiger charge is 2.26. The molecule has 0 heterocycles. The van der Waals surface area contributed by atoms with Crippen LogP contribution >= 0.6 is 12.4 Å². The molecule has 5 nitrogen and oxygen atoms in total. The summed E-state index contributed by atoms with van der Waals surface area (Å²) in [6.07, 6.45) is 0.335. The Balaban J connectivity index is 0.00000338. The zero-order chi connectivity index (χ0) is 18.6. The third kappa shape index (κ3) is 5.58. The number of halogens is 1. The van der Waals surface area contributed by atoms with Crippen molar-refractivity contribution in [3.63, 3.8) is 0 Å². The fraction of sp³-hybridized carbons (Fsp3) is 0.300. The van der Waals surface area contributed by atoms with Crippen LogP contribution in [0.15, 0.2) is 48.5 Å². The van der Waals surface area contributed by atoms with Gasteiger partial charge in [-0.15, -0.1) is 12.4 Å². The minimum Gasteiger partial charge on any atom is -0.508 e. The number of rotatable bonds is 5. The van der Waals surface area contributed by atoms with Gasteiger partial charge in [0.15, 0.2) is 5.78 Å². The van der Waals surface area contributed by atoms with Gasteiger partial charge in [0.1, 0.15) is 5.75 Å². The number of nitrogens with two attached hydrogens (primary N) is 1. The van der Waals surface area contributed by atoms with E-state index < -0.39 is 11.5 Å². The molecule has 0 spiro atoms. The number of carbonyl (C=O) groups is 2. The Morgan fingerprint density at radius 1 is 1.08 bits per heavy atom. The lowest BCUT2D eigenvalue weighted by Crippen LogP contribution is -2.38. The number of para-hydroxylation sites is 1. The number of aromatic hydroxyl groups is 1. The maximum absolute atomic E-state index is 12.6. The Morgan fingerprint density at radius 3 is 2.23 bits per heavy atom. The summed E-state index contributed by atoms with van der Waals surface area (Å²) in [4.78, 5) is 25.0. The van der Waals surface area contributed by atoms with Crippen LogP contribution in [0.5, 0.6) is 5.75 Å². The van der Waals surface area contributed by atoms with Crippen molar-refractivity contribution in [2.45, 2.75) is 33.2 Å². The Morgan fingerprint density at radius 2 is 1.65 bits per heavy atom. The van der Waals surface area contributed by atoms with Crippen molar-refractivity contribution >= 4 is 29.8 Å². The Kier molecular flexibility index (Phi) is 7.36. The number of anilines is 1. The van der Waals surface area contributed by atoms with E-state index in [0.29, 0.717) is 17.7 Å². The van der Waals surface area contributed by atoms with E-state index in [9.17, 15) is 14.7 Å². The standard InChI is InChI=1S/C20H24N2O3.ClH/c1-20(2,3)18(24)15-6-4-5-7-17(15)22-19(25)16(21)12-13-8-10-14(23)11-9-13;/h4-11,16,23H,12,21H2,1-3H3,(H,22,25);1H/t16-;/m0./s1. The van der Waals surface area contributed by atoms with Gasteiger partial charge in [-0.1, -0.05) is 45.0 Å². The molecule has 0 saturated heterocycles. The first-order chi connectivity index (χ1) is 11.7. The molecule has 1 amide bonds. The molecule has 0 aliphatic rings. The third-order valence-electron chi connectivity index (χ3n) is 3.84. The number of hydrogen-bond acceptors (Lipinski definition) is 4. The number of benzene rings is 2. The minimum atomic E-state index is -0.762. The van der Waals surface area contributed by atoms with Crippen molar-refractivity contribution in [3.8, 4) is 5.75 Å². The molecule has 0 saturated carbocycles. The van der Waals surface area contributed by atoms with Crippen LogP contribution in [-0.2, 0) is 11.2 Å². The van der Waals surface area contributed by atoms with Crippen molar-refractivity contribution in [2.75, 3.05) is 5.32 Å². The molecule has 1 atom stereocenters. The van der Waals surface area contributed by atoms with Gasteiger partial charge < -0.3 is 16.2 Å². The molecule has 2 aromatic rings. The first kappa shape index (κ1) is 21.7. The van der Waals surface area contributed by atoms with E-state index in [1.807, 2.05) is 20.8 Å². The van der Waals surface area contributed by atoms with E-state index in [1.165, 1.54) is 0 Å². The summed E-state index contributed by atoms with van der Waals surface area (Å²) in [5.41, 5.74) is 7.23. The lowest BCUT2D eigenvalue weighted by molar-refractivity contribution is -0.117. The molecule has 6 heteroatoms. The normalized spacial score (nSPS) is 12.0. The molecular formula is C20H25ClN2O3. The predicted molar refractivity (Wildman–Crippen MR) is 106 cm³/mol. The SMILES string of the molecule is CC(C)(C)C(=O)c1ccccc1NC(=O)[C@@H](N)Cc1ccc(O)cc1.Cl.